The summed E-state index contributed by atoms with van der Waals surface area (Å²) in [5.41, 5.74) is 6.06. The van der Waals surface area contributed by atoms with E-state index in [1.807, 2.05) is 0 Å². The highest BCUT2D eigenvalue weighted by molar-refractivity contribution is 5.94. The number of amides is 1. The van der Waals surface area contributed by atoms with Gasteiger partial charge < -0.3 is 20.3 Å². The van der Waals surface area contributed by atoms with Crippen LogP contribution in [0.4, 0.5) is 10.3 Å². The predicted molar refractivity (Wildman–Crippen MR) is 104 cm³/mol. The molecule has 2 heterocycles. The first-order chi connectivity index (χ1) is 13.8. The van der Waals surface area contributed by atoms with Gasteiger partial charge in [0.05, 0.1) is 6.54 Å². The minimum Gasteiger partial charge on any atom is -0.460 e. The number of nitrogens with two attached hydrogens (primary N) is 1. The van der Waals surface area contributed by atoms with E-state index in [0.717, 1.165) is 0 Å². The predicted octanol–water partition coefficient (Wildman–Crippen LogP) is 0.930. The Morgan fingerprint density at radius 1 is 1.31 bits per heavy atom. The van der Waals surface area contributed by atoms with Gasteiger partial charge in [-0.25, -0.2) is 14.4 Å². The quantitative estimate of drug-likeness (QED) is 0.420. The summed E-state index contributed by atoms with van der Waals surface area (Å²) < 4.78 is 19.8. The fourth-order valence-corrected chi connectivity index (χ4v) is 2.83. The van der Waals surface area contributed by atoms with Crippen molar-refractivity contribution >= 4 is 23.7 Å². The molecule has 1 amide bonds. The normalized spacial score (nSPS) is 14.1. The Bertz CT molecular complexity index is 934. The van der Waals surface area contributed by atoms with Gasteiger partial charge in [-0.15, -0.1) is 0 Å². The Kier molecular flexibility index (Phi) is 6.01. The van der Waals surface area contributed by atoms with Crippen molar-refractivity contribution in [3.8, 4) is 11.1 Å². The number of hydrogen-bond donors (Lipinski definition) is 2. The minimum atomic E-state index is -0.697. The lowest BCUT2D eigenvalue weighted by molar-refractivity contribution is -0.143. The highest BCUT2D eigenvalue weighted by atomic mass is 19.1. The van der Waals surface area contributed by atoms with Gasteiger partial charge in [-0.1, -0.05) is 18.2 Å². The van der Waals surface area contributed by atoms with Gasteiger partial charge >= 0.3 is 5.97 Å². The van der Waals surface area contributed by atoms with E-state index in [-0.39, 0.29) is 42.4 Å². The molecule has 0 radical (unpaired) electrons. The van der Waals surface area contributed by atoms with E-state index >= 15 is 0 Å². The molecule has 1 aromatic heterocycles. The average molecular weight is 400 g/mol. The molecular weight excluding hydrogens is 379 g/mol. The molecule has 1 aromatic carbocycles. The second-order valence-electron chi connectivity index (χ2n) is 6.65. The number of halogens is 1. The van der Waals surface area contributed by atoms with Gasteiger partial charge in [-0.2, -0.15) is 0 Å². The number of nitrogens with one attached hydrogen (secondary N) is 1. The van der Waals surface area contributed by atoms with Gasteiger partial charge in [0.2, 0.25) is 11.9 Å². The zero-order valence-corrected chi connectivity index (χ0v) is 15.9. The van der Waals surface area contributed by atoms with E-state index < -0.39 is 11.8 Å². The van der Waals surface area contributed by atoms with Gasteiger partial charge in [0.15, 0.2) is 0 Å². The molecule has 0 aliphatic carbocycles. The number of carbonyl (C=O) groups is 2. The number of anilines is 1. The number of amidine groups is 1. The lowest BCUT2D eigenvalue weighted by Crippen LogP contribution is -2.49. The Hall–Kier alpha value is -3.56. The standard InChI is InChI=1S/C19H21FN6O3/c1-25-5-6-26(10-16(25)27)19-23-8-13(9-24-19)14-4-2-3-12(18(14)20)11-29-17(28)7-15(21)22/h2-4,8-9H,5-7,10-11H2,1H3,(H3,21,22). The molecule has 0 spiro atoms. The number of ether oxygens (including phenoxy) is 1. The molecule has 3 rings (SSSR count). The van der Waals surface area contributed by atoms with Crippen LogP contribution in [0, 0.1) is 11.2 Å². The van der Waals surface area contributed by atoms with Gasteiger partial charge in [0.25, 0.3) is 0 Å². The van der Waals surface area contributed by atoms with Crippen molar-refractivity contribution in [2.24, 2.45) is 5.73 Å². The van der Waals surface area contributed by atoms with Crippen LogP contribution in [0.5, 0.6) is 0 Å². The Balaban J connectivity index is 1.73. The van der Waals surface area contributed by atoms with E-state index in [1.54, 1.807) is 29.0 Å². The summed E-state index contributed by atoms with van der Waals surface area (Å²) in [5, 5.41) is 7.07. The first-order valence-corrected chi connectivity index (χ1v) is 8.92. The zero-order chi connectivity index (χ0) is 21.0. The molecule has 0 bridgehead atoms. The molecule has 2 aromatic rings. The maximum atomic E-state index is 14.8. The topological polar surface area (TPSA) is 126 Å². The number of benzene rings is 1. The van der Waals surface area contributed by atoms with Crippen LogP contribution in [0.3, 0.4) is 0 Å². The van der Waals surface area contributed by atoms with Gasteiger partial charge in [0, 0.05) is 49.2 Å². The van der Waals surface area contributed by atoms with E-state index in [2.05, 4.69) is 9.97 Å². The Morgan fingerprint density at radius 2 is 2.03 bits per heavy atom. The number of rotatable bonds is 6. The Labute approximate surface area is 166 Å². The van der Waals surface area contributed by atoms with Crippen molar-refractivity contribution in [3.05, 3.63) is 42.0 Å². The summed E-state index contributed by atoms with van der Waals surface area (Å²) in [7, 11) is 1.75. The van der Waals surface area contributed by atoms with Crippen molar-refractivity contribution in [2.45, 2.75) is 13.0 Å². The van der Waals surface area contributed by atoms with Crippen molar-refractivity contribution in [3.63, 3.8) is 0 Å². The lowest BCUT2D eigenvalue weighted by Gasteiger charge is -2.31. The highest BCUT2D eigenvalue weighted by Gasteiger charge is 2.23. The smallest absolute Gasteiger partial charge is 0.313 e. The van der Waals surface area contributed by atoms with Gasteiger partial charge in [0.1, 0.15) is 24.7 Å². The summed E-state index contributed by atoms with van der Waals surface area (Å²) in [6, 6.07) is 4.72. The van der Waals surface area contributed by atoms with Crippen molar-refractivity contribution < 1.29 is 18.7 Å². The molecule has 9 nitrogen and oxygen atoms in total. The summed E-state index contributed by atoms with van der Waals surface area (Å²) in [6.07, 6.45) is 2.65. The largest absolute Gasteiger partial charge is 0.460 e. The number of aromatic nitrogens is 2. The van der Waals surface area contributed by atoms with E-state index in [0.29, 0.717) is 24.6 Å². The molecule has 1 saturated heterocycles. The number of carbonyl (C=O) groups excluding carboxylic acids is 2. The molecular formula is C19H21FN6O3. The van der Waals surface area contributed by atoms with Crippen LogP contribution in [-0.2, 0) is 20.9 Å². The van der Waals surface area contributed by atoms with E-state index in [9.17, 15) is 14.0 Å². The summed E-state index contributed by atoms with van der Waals surface area (Å²) in [4.78, 5) is 35.3. The van der Waals surface area contributed by atoms with Crippen LogP contribution in [-0.4, -0.2) is 59.3 Å². The molecule has 1 aliphatic heterocycles. The Morgan fingerprint density at radius 3 is 2.69 bits per heavy atom. The average Bonchev–Trinajstić information content (AvgIpc) is 2.69. The lowest BCUT2D eigenvalue weighted by atomic mass is 10.1. The fourth-order valence-electron chi connectivity index (χ4n) is 2.83. The van der Waals surface area contributed by atoms with Crippen LogP contribution in [0.25, 0.3) is 11.1 Å². The summed E-state index contributed by atoms with van der Waals surface area (Å²) in [6.45, 7) is 1.14. The molecule has 1 fully saturated rings. The van der Waals surface area contributed by atoms with Crippen LogP contribution in [0.2, 0.25) is 0 Å². The van der Waals surface area contributed by atoms with Crippen molar-refractivity contribution in [2.75, 3.05) is 31.6 Å². The minimum absolute atomic E-state index is 0.0120. The highest BCUT2D eigenvalue weighted by Crippen LogP contribution is 2.25. The number of piperazine rings is 1. The monoisotopic (exact) mass is 400 g/mol. The van der Waals surface area contributed by atoms with Crippen LogP contribution < -0.4 is 10.6 Å². The zero-order valence-electron chi connectivity index (χ0n) is 15.9. The number of nitrogens with zero attached hydrogens (tertiary/aromatic N) is 4. The van der Waals surface area contributed by atoms with Gasteiger partial charge in [-0.3, -0.25) is 15.0 Å². The molecule has 29 heavy (non-hydrogen) atoms. The van der Waals surface area contributed by atoms with Crippen molar-refractivity contribution in [1.29, 1.82) is 5.41 Å². The van der Waals surface area contributed by atoms with Crippen LogP contribution in [0.15, 0.2) is 30.6 Å². The van der Waals surface area contributed by atoms with E-state index in [1.165, 1.54) is 18.5 Å². The molecule has 0 unspecified atom stereocenters. The van der Waals surface area contributed by atoms with Gasteiger partial charge in [-0.05, 0) is 0 Å². The third kappa shape index (κ3) is 4.84. The SMILES string of the molecule is CN1CCN(c2ncc(-c3cccc(COC(=O)CC(=N)N)c3F)cn2)CC1=O. The third-order valence-corrected chi connectivity index (χ3v) is 4.49. The number of likely N-dealkylation sites (N-methyl/N-ethyl adjacent to an activating group) is 1. The molecule has 0 saturated carbocycles. The first kappa shape index (κ1) is 20.2. The van der Waals surface area contributed by atoms with E-state index in [4.69, 9.17) is 15.9 Å². The number of esters is 1. The molecule has 152 valence electrons. The molecule has 3 N–H and O–H groups in total. The molecule has 1 aliphatic rings. The second-order valence-corrected chi connectivity index (χ2v) is 6.65. The maximum absolute atomic E-state index is 14.8. The molecule has 10 heteroatoms. The summed E-state index contributed by atoms with van der Waals surface area (Å²) >= 11 is 0. The summed E-state index contributed by atoms with van der Waals surface area (Å²) in [5.74, 6) is -1.17. The second kappa shape index (κ2) is 8.63. The maximum Gasteiger partial charge on any atom is 0.313 e. The van der Waals surface area contributed by atoms with Crippen LogP contribution in [0.1, 0.15) is 12.0 Å². The third-order valence-electron chi connectivity index (χ3n) is 4.49. The fraction of sp³-hybridized carbons (Fsp3) is 0.316. The number of hydrogen-bond acceptors (Lipinski definition) is 7. The molecule has 0 atom stereocenters. The first-order valence-electron chi connectivity index (χ1n) is 8.92. The van der Waals surface area contributed by atoms with Crippen LogP contribution >= 0.6 is 0 Å². The van der Waals surface area contributed by atoms with Crippen molar-refractivity contribution in [1.82, 2.24) is 14.9 Å².